The molecule has 1 aliphatic heterocycles. The number of carbonyl (C=O) groups excluding carboxylic acids is 1. The lowest BCUT2D eigenvalue weighted by Crippen LogP contribution is -2.59. The van der Waals surface area contributed by atoms with Crippen LogP contribution in [0.1, 0.15) is 53.9 Å². The molecule has 2 rings (SSSR count). The number of amides is 1. The normalized spacial score (nSPS) is 35.9. The second-order valence-corrected chi connectivity index (χ2v) is 8.23. The molecule has 2 fully saturated rings. The first kappa shape index (κ1) is 16.8. The van der Waals surface area contributed by atoms with E-state index in [1.54, 1.807) is 0 Å². The number of piperidine rings is 1. The maximum Gasteiger partial charge on any atom is 0.225 e. The van der Waals surface area contributed by atoms with Gasteiger partial charge in [0, 0.05) is 30.6 Å². The Labute approximate surface area is 129 Å². The number of aliphatic hydroxyl groups is 1. The standard InChI is InChI=1S/C17H32N2O2/c1-11-6-7-15(11)19-9-13(12(2)20)8-14(10-19)18-16(21)17(3,4)5/h11-15,20H,6-10H2,1-5H3,(H,18,21). The highest BCUT2D eigenvalue weighted by Crippen LogP contribution is 2.35. The predicted molar refractivity (Wildman–Crippen MR) is 84.9 cm³/mol. The van der Waals surface area contributed by atoms with Gasteiger partial charge in [-0.1, -0.05) is 27.7 Å². The molecule has 2 N–H and O–H groups in total. The van der Waals surface area contributed by atoms with E-state index in [1.165, 1.54) is 12.8 Å². The van der Waals surface area contributed by atoms with Crippen LogP contribution < -0.4 is 5.32 Å². The molecule has 0 aromatic rings. The largest absolute Gasteiger partial charge is 0.393 e. The van der Waals surface area contributed by atoms with Gasteiger partial charge < -0.3 is 10.4 Å². The van der Waals surface area contributed by atoms with Gasteiger partial charge in [0.15, 0.2) is 0 Å². The van der Waals surface area contributed by atoms with Crippen molar-refractivity contribution in [3.8, 4) is 0 Å². The molecule has 0 bridgehead atoms. The minimum Gasteiger partial charge on any atom is -0.393 e. The topological polar surface area (TPSA) is 52.6 Å². The lowest BCUT2D eigenvalue weighted by Gasteiger charge is -2.49. The summed E-state index contributed by atoms with van der Waals surface area (Å²) in [5.74, 6) is 1.12. The first-order chi connectivity index (χ1) is 9.68. The smallest absolute Gasteiger partial charge is 0.225 e. The van der Waals surface area contributed by atoms with Gasteiger partial charge in [-0.15, -0.1) is 0 Å². The number of nitrogens with one attached hydrogen (secondary N) is 1. The van der Waals surface area contributed by atoms with Crippen LogP contribution in [0.25, 0.3) is 0 Å². The molecular weight excluding hydrogens is 264 g/mol. The minimum absolute atomic E-state index is 0.111. The van der Waals surface area contributed by atoms with Crippen LogP contribution in [0.5, 0.6) is 0 Å². The van der Waals surface area contributed by atoms with Gasteiger partial charge in [-0.25, -0.2) is 0 Å². The number of aliphatic hydroxyl groups excluding tert-OH is 1. The van der Waals surface area contributed by atoms with Crippen molar-refractivity contribution in [1.29, 1.82) is 0 Å². The first-order valence-corrected chi connectivity index (χ1v) is 8.41. The third-order valence-corrected chi connectivity index (χ3v) is 5.25. The van der Waals surface area contributed by atoms with Crippen LogP contribution in [-0.2, 0) is 4.79 Å². The summed E-state index contributed by atoms with van der Waals surface area (Å²) in [6.45, 7) is 11.9. The fourth-order valence-corrected chi connectivity index (χ4v) is 3.49. The van der Waals surface area contributed by atoms with Gasteiger partial charge in [-0.2, -0.15) is 0 Å². The summed E-state index contributed by atoms with van der Waals surface area (Å²) in [7, 11) is 0. The molecule has 0 radical (unpaired) electrons. The van der Waals surface area contributed by atoms with Crippen molar-refractivity contribution in [2.24, 2.45) is 17.3 Å². The summed E-state index contributed by atoms with van der Waals surface area (Å²) >= 11 is 0. The van der Waals surface area contributed by atoms with Crippen molar-refractivity contribution < 1.29 is 9.90 Å². The monoisotopic (exact) mass is 296 g/mol. The van der Waals surface area contributed by atoms with Crippen molar-refractivity contribution in [2.45, 2.75) is 72.1 Å². The molecule has 2 aliphatic rings. The Balaban J connectivity index is 2.01. The second-order valence-electron chi connectivity index (χ2n) is 8.23. The molecule has 5 atom stereocenters. The summed E-state index contributed by atoms with van der Waals surface area (Å²) in [6, 6.07) is 0.804. The summed E-state index contributed by atoms with van der Waals surface area (Å²) in [5, 5.41) is 13.2. The van der Waals surface area contributed by atoms with E-state index < -0.39 is 0 Å². The van der Waals surface area contributed by atoms with Crippen LogP contribution in [0.4, 0.5) is 0 Å². The Hall–Kier alpha value is -0.610. The van der Waals surface area contributed by atoms with E-state index in [0.717, 1.165) is 25.4 Å². The predicted octanol–water partition coefficient (Wildman–Crippen LogP) is 2.02. The highest BCUT2D eigenvalue weighted by Gasteiger charge is 2.39. The molecule has 1 amide bonds. The summed E-state index contributed by atoms with van der Waals surface area (Å²) < 4.78 is 0. The van der Waals surface area contributed by atoms with Crippen molar-refractivity contribution in [3.05, 3.63) is 0 Å². The van der Waals surface area contributed by atoms with Crippen LogP contribution in [0, 0.1) is 17.3 Å². The maximum absolute atomic E-state index is 12.2. The Morgan fingerprint density at radius 1 is 1.29 bits per heavy atom. The summed E-state index contributed by atoms with van der Waals surface area (Å²) in [5.41, 5.74) is -0.355. The highest BCUT2D eigenvalue weighted by molar-refractivity contribution is 5.81. The van der Waals surface area contributed by atoms with Crippen LogP contribution >= 0.6 is 0 Å². The summed E-state index contributed by atoms with van der Waals surface area (Å²) in [4.78, 5) is 14.7. The first-order valence-electron chi connectivity index (χ1n) is 8.41. The lowest BCUT2D eigenvalue weighted by atomic mass is 9.77. The van der Waals surface area contributed by atoms with Crippen molar-refractivity contribution in [2.75, 3.05) is 13.1 Å². The average Bonchev–Trinajstić information content (AvgIpc) is 2.35. The van der Waals surface area contributed by atoms with Crippen molar-refractivity contribution in [1.82, 2.24) is 10.2 Å². The van der Waals surface area contributed by atoms with Crippen molar-refractivity contribution in [3.63, 3.8) is 0 Å². The highest BCUT2D eigenvalue weighted by atomic mass is 16.3. The molecule has 122 valence electrons. The van der Waals surface area contributed by atoms with E-state index in [1.807, 2.05) is 27.7 Å². The quantitative estimate of drug-likeness (QED) is 0.838. The van der Waals surface area contributed by atoms with Crippen molar-refractivity contribution >= 4 is 5.91 Å². The van der Waals surface area contributed by atoms with Crippen LogP contribution in [-0.4, -0.2) is 47.2 Å². The lowest BCUT2D eigenvalue weighted by molar-refractivity contribution is -0.130. The van der Waals surface area contributed by atoms with E-state index in [9.17, 15) is 9.90 Å². The molecular formula is C17H32N2O2. The zero-order valence-electron chi connectivity index (χ0n) is 14.2. The Morgan fingerprint density at radius 3 is 2.38 bits per heavy atom. The van der Waals surface area contributed by atoms with Crippen LogP contribution in [0.2, 0.25) is 0 Å². The maximum atomic E-state index is 12.2. The fourth-order valence-electron chi connectivity index (χ4n) is 3.49. The average molecular weight is 296 g/mol. The molecule has 1 heterocycles. The Morgan fingerprint density at radius 2 is 1.95 bits per heavy atom. The van der Waals surface area contributed by atoms with Gasteiger partial charge in [0.1, 0.15) is 0 Å². The third-order valence-electron chi connectivity index (χ3n) is 5.25. The second kappa shape index (κ2) is 6.25. The molecule has 1 saturated heterocycles. The van der Waals surface area contributed by atoms with Gasteiger partial charge in [-0.05, 0) is 38.0 Å². The zero-order chi connectivity index (χ0) is 15.8. The zero-order valence-corrected chi connectivity index (χ0v) is 14.2. The number of hydrogen-bond donors (Lipinski definition) is 2. The minimum atomic E-state index is -0.355. The Bertz CT molecular complexity index is 375. The van der Waals surface area contributed by atoms with Gasteiger partial charge in [0.25, 0.3) is 0 Å². The van der Waals surface area contributed by atoms with Gasteiger partial charge in [-0.3, -0.25) is 9.69 Å². The van der Waals surface area contributed by atoms with Crippen LogP contribution in [0.3, 0.4) is 0 Å². The molecule has 0 aromatic carbocycles. The van der Waals surface area contributed by atoms with Gasteiger partial charge in [0.05, 0.1) is 6.10 Å². The molecule has 4 nitrogen and oxygen atoms in total. The number of rotatable bonds is 3. The van der Waals surface area contributed by atoms with E-state index in [0.29, 0.717) is 6.04 Å². The number of nitrogens with zero attached hydrogens (tertiary/aromatic N) is 1. The number of likely N-dealkylation sites (tertiary alicyclic amines) is 1. The SMILES string of the molecule is CC(O)C1CC(NC(=O)C(C)(C)C)CN(C2CCC2C)C1. The molecule has 1 saturated carbocycles. The number of hydrogen-bond acceptors (Lipinski definition) is 3. The third kappa shape index (κ3) is 3.98. The molecule has 5 unspecified atom stereocenters. The van der Waals surface area contributed by atoms with E-state index in [4.69, 9.17) is 0 Å². The van der Waals surface area contributed by atoms with E-state index >= 15 is 0 Å². The molecule has 4 heteroatoms. The molecule has 0 spiro atoms. The molecule has 0 aromatic heterocycles. The molecule has 1 aliphatic carbocycles. The van der Waals surface area contributed by atoms with Crippen LogP contribution in [0.15, 0.2) is 0 Å². The van der Waals surface area contributed by atoms with E-state index in [2.05, 4.69) is 17.1 Å². The van der Waals surface area contributed by atoms with Gasteiger partial charge in [0.2, 0.25) is 5.91 Å². The number of carbonyl (C=O) groups is 1. The van der Waals surface area contributed by atoms with Gasteiger partial charge >= 0.3 is 0 Å². The fraction of sp³-hybridized carbons (Fsp3) is 0.941. The van der Waals surface area contributed by atoms with E-state index in [-0.39, 0.29) is 29.4 Å². The molecule has 21 heavy (non-hydrogen) atoms. The Kier molecular flexibility index (Phi) is 4.99. The summed E-state index contributed by atoms with van der Waals surface area (Å²) in [6.07, 6.45) is 3.14.